The zero-order valence-corrected chi connectivity index (χ0v) is 17.4. The summed E-state index contributed by atoms with van der Waals surface area (Å²) in [5.41, 5.74) is 0.444. The van der Waals surface area contributed by atoms with Crippen molar-refractivity contribution < 1.29 is 27.0 Å². The zero-order valence-electron chi connectivity index (χ0n) is 17.4. The van der Waals surface area contributed by atoms with Crippen LogP contribution < -0.4 is 14.8 Å². The van der Waals surface area contributed by atoms with Crippen LogP contribution in [0.5, 0.6) is 11.6 Å². The fraction of sp³-hybridized carbons (Fsp3) is 0.174. The van der Waals surface area contributed by atoms with Crippen molar-refractivity contribution in [2.45, 2.75) is 19.3 Å². The Labute approximate surface area is 186 Å². The van der Waals surface area contributed by atoms with Crippen LogP contribution in [0.25, 0.3) is 10.9 Å². The lowest BCUT2D eigenvalue weighted by Gasteiger charge is -2.12. The third-order valence-corrected chi connectivity index (χ3v) is 4.93. The van der Waals surface area contributed by atoms with Crippen LogP contribution >= 0.6 is 0 Å². The average molecular weight is 458 g/mol. The van der Waals surface area contributed by atoms with E-state index in [-0.39, 0.29) is 28.2 Å². The van der Waals surface area contributed by atoms with Crippen LogP contribution in [0.15, 0.2) is 61.1 Å². The van der Waals surface area contributed by atoms with Gasteiger partial charge in [0, 0.05) is 25.1 Å². The van der Waals surface area contributed by atoms with E-state index >= 15 is 0 Å². The number of hydrogen-bond acceptors (Lipinski definition) is 5. The van der Waals surface area contributed by atoms with Crippen LogP contribution in [0.2, 0.25) is 0 Å². The van der Waals surface area contributed by atoms with Crippen LogP contribution in [0.4, 0.5) is 23.4 Å². The van der Waals surface area contributed by atoms with Gasteiger partial charge in [-0.15, -0.1) is 4.73 Å². The molecule has 0 saturated heterocycles. The molecule has 170 valence electrons. The highest BCUT2D eigenvalue weighted by molar-refractivity contribution is 5.89. The summed E-state index contributed by atoms with van der Waals surface area (Å²) in [4.78, 5) is 7.79. The Bertz CT molecular complexity index is 1290. The summed E-state index contributed by atoms with van der Waals surface area (Å²) in [6.07, 6.45) is 2.64. The van der Waals surface area contributed by atoms with Gasteiger partial charge in [-0.2, -0.15) is 0 Å². The molecule has 0 unspecified atom stereocenters. The minimum atomic E-state index is -3.10. The molecule has 4 aromatic rings. The molecule has 0 radical (unpaired) electrons. The number of hydrogen-bond donors (Lipinski definition) is 1. The third-order valence-electron chi connectivity index (χ3n) is 4.93. The van der Waals surface area contributed by atoms with Crippen molar-refractivity contribution in [3.05, 3.63) is 89.0 Å². The van der Waals surface area contributed by atoms with Gasteiger partial charge < -0.3 is 15.3 Å². The van der Waals surface area contributed by atoms with Crippen LogP contribution in [0.1, 0.15) is 18.1 Å². The number of alkyl halides is 2. The Kier molecular flexibility index (Phi) is 5.99. The normalized spacial score (nSPS) is 11.5. The second kappa shape index (κ2) is 8.89. The summed E-state index contributed by atoms with van der Waals surface area (Å²) in [7, 11) is 0. The van der Waals surface area contributed by atoms with Crippen molar-refractivity contribution in [1.82, 2.24) is 9.97 Å². The number of halogens is 4. The van der Waals surface area contributed by atoms with Crippen LogP contribution in [-0.4, -0.2) is 16.5 Å². The molecule has 0 fully saturated rings. The molecule has 4 rings (SSSR count). The Morgan fingerprint density at radius 1 is 1.03 bits per heavy atom. The minimum absolute atomic E-state index is 0.0212. The largest absolute Gasteiger partial charge is 0.616 e. The highest BCUT2D eigenvalue weighted by Gasteiger charge is 2.27. The number of pyridine rings is 1. The van der Waals surface area contributed by atoms with Gasteiger partial charge in [-0.05, 0) is 36.2 Å². The zero-order chi connectivity index (χ0) is 23.6. The van der Waals surface area contributed by atoms with E-state index in [9.17, 15) is 22.8 Å². The highest BCUT2D eigenvalue weighted by Crippen LogP contribution is 2.29. The molecule has 0 saturated carbocycles. The van der Waals surface area contributed by atoms with Crippen molar-refractivity contribution in [1.29, 1.82) is 0 Å². The van der Waals surface area contributed by atoms with Gasteiger partial charge in [0.15, 0.2) is 6.20 Å². The Hall–Kier alpha value is -3.95. The van der Waals surface area contributed by atoms with Gasteiger partial charge in [-0.1, -0.05) is 12.1 Å². The maximum atomic E-state index is 14.2. The van der Waals surface area contributed by atoms with Crippen molar-refractivity contribution in [2.75, 3.05) is 11.9 Å². The summed E-state index contributed by atoms with van der Waals surface area (Å²) in [6, 6.07) is 10.7. The number of benzene rings is 2. The van der Waals surface area contributed by atoms with Crippen molar-refractivity contribution in [3.8, 4) is 11.6 Å². The van der Waals surface area contributed by atoms with Crippen molar-refractivity contribution >= 4 is 16.7 Å². The van der Waals surface area contributed by atoms with Crippen LogP contribution in [0.3, 0.4) is 0 Å². The standard InChI is InChI=1S/C23H18F4N4O2/c1-23(26,27)15-9-11-31(32)19(12-15)33-16-4-2-14(3-5-16)8-10-28-22-20-17(24)6-7-18(25)21(20)29-13-30-22/h2-7,9,11-13H,8,10H2,1H3,(H,28,29,30). The van der Waals surface area contributed by atoms with E-state index < -0.39 is 17.6 Å². The van der Waals surface area contributed by atoms with E-state index in [0.717, 1.165) is 49.3 Å². The molecule has 0 bridgehead atoms. The van der Waals surface area contributed by atoms with Gasteiger partial charge in [-0.25, -0.2) is 27.5 Å². The van der Waals surface area contributed by atoms with Crippen molar-refractivity contribution in [3.63, 3.8) is 0 Å². The number of aromatic nitrogens is 3. The van der Waals surface area contributed by atoms with Gasteiger partial charge in [0.05, 0.1) is 11.5 Å². The number of ether oxygens (including phenoxy) is 1. The maximum Gasteiger partial charge on any atom is 0.385 e. The number of nitrogens with zero attached hydrogens (tertiary/aromatic N) is 3. The van der Waals surface area contributed by atoms with Gasteiger partial charge in [0.1, 0.15) is 35.0 Å². The fourth-order valence-corrected chi connectivity index (χ4v) is 3.22. The predicted molar refractivity (Wildman–Crippen MR) is 113 cm³/mol. The maximum absolute atomic E-state index is 14.2. The lowest BCUT2D eigenvalue weighted by atomic mass is 10.1. The van der Waals surface area contributed by atoms with Gasteiger partial charge in [0.25, 0.3) is 5.92 Å². The number of fused-ring (bicyclic) bond motifs is 1. The number of rotatable bonds is 7. The molecule has 0 aliphatic carbocycles. The van der Waals surface area contributed by atoms with Crippen LogP contribution in [-0.2, 0) is 12.3 Å². The van der Waals surface area contributed by atoms with E-state index in [2.05, 4.69) is 15.3 Å². The lowest BCUT2D eigenvalue weighted by molar-refractivity contribution is -0.611. The molecule has 0 aliphatic heterocycles. The number of anilines is 1. The molecular weight excluding hydrogens is 440 g/mol. The van der Waals surface area contributed by atoms with Gasteiger partial charge in [0.2, 0.25) is 0 Å². The number of nitrogens with one attached hydrogen (secondary N) is 1. The second-order valence-electron chi connectivity index (χ2n) is 7.37. The monoisotopic (exact) mass is 458 g/mol. The van der Waals surface area contributed by atoms with E-state index in [1.54, 1.807) is 24.3 Å². The summed E-state index contributed by atoms with van der Waals surface area (Å²) in [5.74, 6) is -4.16. The Morgan fingerprint density at radius 2 is 1.76 bits per heavy atom. The SMILES string of the molecule is CC(F)(F)c1cc[n+]([O-])c(Oc2ccc(CCNc3ncnc4c(F)ccc(F)c34)cc2)c1. The first-order valence-electron chi connectivity index (χ1n) is 9.93. The summed E-state index contributed by atoms with van der Waals surface area (Å²) >= 11 is 0. The second-order valence-corrected chi connectivity index (χ2v) is 7.37. The lowest BCUT2D eigenvalue weighted by Crippen LogP contribution is -2.28. The van der Waals surface area contributed by atoms with E-state index in [0.29, 0.717) is 23.4 Å². The molecule has 0 atom stereocenters. The molecule has 0 amide bonds. The molecule has 2 heterocycles. The highest BCUT2D eigenvalue weighted by atomic mass is 19.3. The molecule has 1 N–H and O–H groups in total. The smallest absolute Gasteiger partial charge is 0.385 e. The molecule has 2 aromatic heterocycles. The predicted octanol–water partition coefficient (Wildman–Crippen LogP) is 5.10. The first kappa shape index (κ1) is 22.3. The molecule has 0 spiro atoms. The fourth-order valence-electron chi connectivity index (χ4n) is 3.22. The third kappa shape index (κ3) is 4.94. The topological polar surface area (TPSA) is 74.0 Å². The van der Waals surface area contributed by atoms with Gasteiger partial charge in [-0.3, -0.25) is 0 Å². The summed E-state index contributed by atoms with van der Waals surface area (Å²) in [5, 5.41) is 14.8. The first-order valence-corrected chi connectivity index (χ1v) is 9.93. The molecular formula is C23H18F4N4O2. The van der Waals surface area contributed by atoms with Gasteiger partial charge >= 0.3 is 5.88 Å². The molecule has 33 heavy (non-hydrogen) atoms. The minimum Gasteiger partial charge on any atom is -0.616 e. The molecule has 2 aromatic carbocycles. The summed E-state index contributed by atoms with van der Waals surface area (Å²) < 4.78 is 60.9. The summed E-state index contributed by atoms with van der Waals surface area (Å²) in [6.45, 7) is 1.11. The quantitative estimate of drug-likeness (QED) is 0.237. The average Bonchev–Trinajstić information content (AvgIpc) is 2.78. The Morgan fingerprint density at radius 3 is 2.48 bits per heavy atom. The van der Waals surface area contributed by atoms with E-state index in [4.69, 9.17) is 4.74 Å². The molecule has 10 heteroatoms. The van der Waals surface area contributed by atoms with E-state index in [1.807, 2.05) is 0 Å². The Balaban J connectivity index is 1.42. The van der Waals surface area contributed by atoms with Crippen LogP contribution in [0, 0.1) is 16.8 Å². The first-order chi connectivity index (χ1) is 15.7. The van der Waals surface area contributed by atoms with Crippen molar-refractivity contribution in [2.24, 2.45) is 0 Å². The molecule has 6 nitrogen and oxygen atoms in total. The molecule has 0 aliphatic rings. The van der Waals surface area contributed by atoms with E-state index in [1.165, 1.54) is 0 Å².